The Labute approximate surface area is 238 Å². The second-order valence-electron chi connectivity index (χ2n) is 10.3. The van der Waals surface area contributed by atoms with Gasteiger partial charge in [0, 0.05) is 29.7 Å². The number of hydrogen-bond acceptors (Lipinski definition) is 4. The van der Waals surface area contributed by atoms with Crippen molar-refractivity contribution >= 4 is 50.0 Å². The summed E-state index contributed by atoms with van der Waals surface area (Å²) in [7, 11) is 0. The number of imidazole rings is 1. The van der Waals surface area contributed by atoms with Crippen LogP contribution in [0.4, 0.5) is 0 Å². The smallest absolute Gasteiger partial charge is 0.265 e. The van der Waals surface area contributed by atoms with Gasteiger partial charge in [-0.2, -0.15) is 0 Å². The Balaban J connectivity index is 1.32. The van der Waals surface area contributed by atoms with Crippen LogP contribution in [-0.4, -0.2) is 44.9 Å². The molecule has 3 heterocycles. The summed E-state index contributed by atoms with van der Waals surface area (Å²) in [6.45, 7) is 7.03. The third kappa shape index (κ3) is 5.33. The van der Waals surface area contributed by atoms with Crippen LogP contribution in [0, 0.1) is 0 Å². The highest BCUT2D eigenvalue weighted by molar-refractivity contribution is 7.21. The first-order valence-corrected chi connectivity index (χ1v) is 15.0. The van der Waals surface area contributed by atoms with Crippen LogP contribution < -0.4 is 0 Å². The Bertz CT molecular complexity index is 1620. The number of benzene rings is 3. The molecule has 7 heteroatoms. The fourth-order valence-electron chi connectivity index (χ4n) is 5.61. The van der Waals surface area contributed by atoms with Crippen LogP contribution in [0.5, 0.6) is 0 Å². The minimum absolute atomic E-state index is 0.0483. The van der Waals surface area contributed by atoms with E-state index in [1.165, 1.54) is 54.8 Å². The number of thiophene rings is 1. The van der Waals surface area contributed by atoms with E-state index in [2.05, 4.69) is 51.9 Å². The number of amides is 1. The molecule has 0 bridgehead atoms. The van der Waals surface area contributed by atoms with Gasteiger partial charge in [0.1, 0.15) is 10.7 Å². The summed E-state index contributed by atoms with van der Waals surface area (Å²) in [4.78, 5) is 23.8. The molecule has 1 fully saturated rings. The summed E-state index contributed by atoms with van der Waals surface area (Å²) >= 11 is 8.16. The Morgan fingerprint density at radius 3 is 2.38 bits per heavy atom. The molecule has 0 radical (unpaired) electrons. The van der Waals surface area contributed by atoms with Gasteiger partial charge in [-0.05, 0) is 62.2 Å². The average molecular weight is 557 g/mol. The monoisotopic (exact) mass is 556 g/mol. The molecule has 0 spiro atoms. The van der Waals surface area contributed by atoms with Crippen LogP contribution in [0.15, 0.2) is 72.8 Å². The number of likely N-dealkylation sites (tertiary alicyclic amines) is 1. The second-order valence-corrected chi connectivity index (χ2v) is 11.7. The summed E-state index contributed by atoms with van der Waals surface area (Å²) in [6, 6.07) is 24.9. The fourth-order valence-corrected chi connectivity index (χ4v) is 7.09. The molecular formula is C32H33ClN4OS. The van der Waals surface area contributed by atoms with Gasteiger partial charge in [-0.15, -0.1) is 11.3 Å². The number of hydrogen-bond donors (Lipinski definition) is 0. The fraction of sp³-hybridized carbons (Fsp3) is 0.312. The number of carbonyl (C=O) groups is 1. The van der Waals surface area contributed by atoms with Crippen molar-refractivity contribution in [3.05, 3.63) is 99.6 Å². The Hall–Kier alpha value is -3.19. The van der Waals surface area contributed by atoms with E-state index < -0.39 is 0 Å². The van der Waals surface area contributed by atoms with E-state index in [4.69, 9.17) is 16.6 Å². The van der Waals surface area contributed by atoms with Crippen molar-refractivity contribution in [2.45, 2.75) is 45.8 Å². The van der Waals surface area contributed by atoms with Gasteiger partial charge >= 0.3 is 0 Å². The van der Waals surface area contributed by atoms with Gasteiger partial charge in [-0.25, -0.2) is 4.98 Å². The molecule has 39 heavy (non-hydrogen) atoms. The number of piperidine rings is 1. The molecule has 200 valence electrons. The van der Waals surface area contributed by atoms with Crippen molar-refractivity contribution in [2.75, 3.05) is 19.6 Å². The third-order valence-electron chi connectivity index (χ3n) is 7.75. The molecule has 0 saturated carbocycles. The topological polar surface area (TPSA) is 41.4 Å². The standard InChI is InChI=1S/C32H33ClN4OS/c1-2-36(32(38)31-30(33)25-14-6-9-17-28(25)39-31)22-29-34-26-15-7-8-16-27(26)37(29)21-24-13-5-4-12-23(24)20-35-18-10-3-11-19-35/h4-9,12-17H,2-3,10-11,18-22H2,1H3. The lowest BCUT2D eigenvalue weighted by Crippen LogP contribution is -2.31. The molecule has 0 aliphatic carbocycles. The van der Waals surface area contributed by atoms with Crippen LogP contribution in [0.2, 0.25) is 5.02 Å². The summed E-state index contributed by atoms with van der Waals surface area (Å²) < 4.78 is 3.31. The molecule has 2 aromatic heterocycles. The van der Waals surface area contributed by atoms with Crippen molar-refractivity contribution in [2.24, 2.45) is 0 Å². The number of aromatic nitrogens is 2. The van der Waals surface area contributed by atoms with E-state index in [9.17, 15) is 4.79 Å². The largest absolute Gasteiger partial charge is 0.331 e. The number of halogens is 1. The summed E-state index contributed by atoms with van der Waals surface area (Å²) in [5.41, 5.74) is 4.70. The summed E-state index contributed by atoms with van der Waals surface area (Å²) in [6.07, 6.45) is 3.90. The second kappa shape index (κ2) is 11.5. The minimum atomic E-state index is -0.0483. The number of para-hydroxylation sites is 2. The lowest BCUT2D eigenvalue weighted by atomic mass is 10.0. The molecule has 1 aliphatic rings. The van der Waals surface area contributed by atoms with Gasteiger partial charge in [0.25, 0.3) is 5.91 Å². The lowest BCUT2D eigenvalue weighted by molar-refractivity contribution is 0.0752. The zero-order valence-electron chi connectivity index (χ0n) is 22.3. The van der Waals surface area contributed by atoms with Crippen molar-refractivity contribution in [3.63, 3.8) is 0 Å². The molecule has 0 unspecified atom stereocenters. The van der Waals surface area contributed by atoms with Gasteiger partial charge in [0.2, 0.25) is 0 Å². The van der Waals surface area contributed by atoms with Crippen LogP contribution in [-0.2, 0) is 19.6 Å². The van der Waals surface area contributed by atoms with E-state index in [0.717, 1.165) is 40.0 Å². The van der Waals surface area contributed by atoms with Crippen LogP contribution in [0.25, 0.3) is 21.1 Å². The average Bonchev–Trinajstić information content (AvgIpc) is 3.50. The number of fused-ring (bicyclic) bond motifs is 2. The highest BCUT2D eigenvalue weighted by atomic mass is 35.5. The first-order chi connectivity index (χ1) is 19.1. The molecule has 5 nitrogen and oxygen atoms in total. The number of carbonyl (C=O) groups excluding carboxylic acids is 1. The van der Waals surface area contributed by atoms with E-state index in [1.54, 1.807) is 0 Å². The van der Waals surface area contributed by atoms with E-state index in [0.29, 0.717) is 23.0 Å². The number of nitrogens with zero attached hydrogens (tertiary/aromatic N) is 4. The third-order valence-corrected chi connectivity index (χ3v) is 9.42. The maximum atomic E-state index is 13.7. The Kier molecular flexibility index (Phi) is 7.69. The van der Waals surface area contributed by atoms with Gasteiger partial charge in [0.05, 0.1) is 22.6 Å². The highest BCUT2D eigenvalue weighted by Crippen LogP contribution is 2.36. The Morgan fingerprint density at radius 2 is 1.62 bits per heavy atom. The Morgan fingerprint density at radius 1 is 0.923 bits per heavy atom. The first kappa shape index (κ1) is 26.1. The van der Waals surface area contributed by atoms with Crippen LogP contribution in [0.3, 0.4) is 0 Å². The summed E-state index contributed by atoms with van der Waals surface area (Å²) in [5, 5.41) is 1.47. The highest BCUT2D eigenvalue weighted by Gasteiger charge is 2.24. The summed E-state index contributed by atoms with van der Waals surface area (Å²) in [5.74, 6) is 0.837. The first-order valence-electron chi connectivity index (χ1n) is 13.8. The maximum Gasteiger partial charge on any atom is 0.265 e. The quantitative estimate of drug-likeness (QED) is 0.197. The van der Waals surface area contributed by atoms with Gasteiger partial charge in [-0.3, -0.25) is 9.69 Å². The molecule has 1 amide bonds. The van der Waals surface area contributed by atoms with Crippen molar-refractivity contribution < 1.29 is 4.79 Å². The molecule has 3 aromatic carbocycles. The van der Waals surface area contributed by atoms with Crippen LogP contribution >= 0.6 is 22.9 Å². The normalized spacial score (nSPS) is 14.3. The molecule has 0 atom stereocenters. The molecule has 6 rings (SSSR count). The van der Waals surface area contributed by atoms with Crippen LogP contribution in [0.1, 0.15) is 52.8 Å². The lowest BCUT2D eigenvalue weighted by Gasteiger charge is -2.27. The molecule has 0 N–H and O–H groups in total. The van der Waals surface area contributed by atoms with Crippen molar-refractivity contribution in [1.29, 1.82) is 0 Å². The molecule has 1 aliphatic heterocycles. The minimum Gasteiger partial charge on any atom is -0.331 e. The maximum absolute atomic E-state index is 13.7. The van der Waals surface area contributed by atoms with Gasteiger partial charge in [-0.1, -0.05) is 72.6 Å². The molecule has 5 aromatic rings. The molecule has 1 saturated heterocycles. The van der Waals surface area contributed by atoms with Gasteiger partial charge in [0.15, 0.2) is 0 Å². The van der Waals surface area contributed by atoms with E-state index in [-0.39, 0.29) is 5.91 Å². The van der Waals surface area contributed by atoms with Crippen molar-refractivity contribution in [3.8, 4) is 0 Å². The SMILES string of the molecule is CCN(Cc1nc2ccccc2n1Cc1ccccc1CN1CCCCC1)C(=O)c1sc2ccccc2c1Cl. The van der Waals surface area contributed by atoms with Crippen molar-refractivity contribution in [1.82, 2.24) is 19.4 Å². The van der Waals surface area contributed by atoms with E-state index >= 15 is 0 Å². The molecular weight excluding hydrogens is 524 g/mol. The predicted octanol–water partition coefficient (Wildman–Crippen LogP) is 7.60. The number of rotatable bonds is 8. The zero-order valence-corrected chi connectivity index (χ0v) is 23.8. The zero-order chi connectivity index (χ0) is 26.8. The predicted molar refractivity (Wildman–Crippen MR) is 162 cm³/mol. The van der Waals surface area contributed by atoms with E-state index in [1.807, 2.05) is 42.2 Å². The van der Waals surface area contributed by atoms with Gasteiger partial charge < -0.3 is 9.47 Å².